The molecular weight excluding hydrogens is 374 g/mol. The summed E-state index contributed by atoms with van der Waals surface area (Å²) >= 11 is 0. The largest absolute Gasteiger partial charge is 0.473 e. The number of nitrogens with zero attached hydrogens (tertiary/aromatic N) is 3. The van der Waals surface area contributed by atoms with Crippen molar-refractivity contribution in [2.45, 2.75) is 44.6 Å². The van der Waals surface area contributed by atoms with Crippen LogP contribution in [-0.4, -0.2) is 74.6 Å². The first-order valence-corrected chi connectivity index (χ1v) is 9.89. The number of carboxylic acids is 2. The van der Waals surface area contributed by atoms with Crippen molar-refractivity contribution < 1.29 is 24.6 Å². The Balaban J connectivity index is 0.000000438. The summed E-state index contributed by atoms with van der Waals surface area (Å²) in [5, 5.41) is 14.8. The third-order valence-corrected chi connectivity index (χ3v) is 5.69. The molecule has 0 atom stereocenters. The average molecular weight is 403 g/mol. The normalized spacial score (nSPS) is 18.0. The number of aromatic nitrogens is 1. The number of carbonyl (C=O) groups is 3. The van der Waals surface area contributed by atoms with Crippen LogP contribution in [0.25, 0.3) is 0 Å². The summed E-state index contributed by atoms with van der Waals surface area (Å²) in [4.78, 5) is 39.8. The highest BCUT2D eigenvalue weighted by atomic mass is 16.4. The van der Waals surface area contributed by atoms with Crippen LogP contribution in [-0.2, 0) is 16.0 Å². The first kappa shape index (κ1) is 22.5. The van der Waals surface area contributed by atoms with E-state index in [2.05, 4.69) is 23.4 Å². The molecule has 2 fully saturated rings. The molecule has 3 rings (SSSR count). The van der Waals surface area contributed by atoms with Crippen LogP contribution >= 0.6 is 0 Å². The summed E-state index contributed by atoms with van der Waals surface area (Å²) in [5.74, 6) is -3.52. The van der Waals surface area contributed by atoms with Gasteiger partial charge in [0.1, 0.15) is 0 Å². The van der Waals surface area contributed by atoms with Crippen LogP contribution < -0.4 is 0 Å². The molecule has 0 unspecified atom stereocenters. The molecule has 8 heteroatoms. The van der Waals surface area contributed by atoms with E-state index in [1.807, 2.05) is 23.1 Å². The van der Waals surface area contributed by atoms with Gasteiger partial charge < -0.3 is 15.1 Å². The Bertz CT molecular complexity index is 727. The zero-order valence-corrected chi connectivity index (χ0v) is 16.8. The minimum atomic E-state index is -1.82. The number of piperidine rings is 1. The van der Waals surface area contributed by atoms with Gasteiger partial charge in [-0.3, -0.25) is 14.7 Å². The van der Waals surface area contributed by atoms with Crippen molar-refractivity contribution in [1.82, 2.24) is 14.8 Å². The van der Waals surface area contributed by atoms with Gasteiger partial charge in [-0.2, -0.15) is 0 Å². The topological polar surface area (TPSA) is 111 Å². The van der Waals surface area contributed by atoms with Crippen molar-refractivity contribution in [2.24, 2.45) is 0 Å². The summed E-state index contributed by atoms with van der Waals surface area (Å²) in [5.41, 5.74) is 2.05. The lowest BCUT2D eigenvalue weighted by Gasteiger charge is -2.44. The summed E-state index contributed by atoms with van der Waals surface area (Å²) in [6.07, 6.45) is 9.32. The molecule has 3 heterocycles. The van der Waals surface area contributed by atoms with Gasteiger partial charge in [0.25, 0.3) is 5.91 Å². The minimum Gasteiger partial charge on any atom is -0.473 e. The molecule has 158 valence electrons. The molecule has 0 aliphatic carbocycles. The fraction of sp³-hybridized carbons (Fsp3) is 0.524. The van der Waals surface area contributed by atoms with E-state index in [0.29, 0.717) is 11.1 Å². The van der Waals surface area contributed by atoms with Crippen LogP contribution in [0, 0.1) is 0 Å². The molecule has 0 saturated carbocycles. The van der Waals surface area contributed by atoms with Gasteiger partial charge in [0.15, 0.2) is 0 Å². The maximum Gasteiger partial charge on any atom is 0.414 e. The second-order valence-electron chi connectivity index (χ2n) is 7.36. The Hall–Kier alpha value is -2.74. The molecule has 1 aromatic rings. The number of aliphatic carboxylic acids is 2. The van der Waals surface area contributed by atoms with Crippen molar-refractivity contribution in [3.8, 4) is 0 Å². The first-order chi connectivity index (χ1) is 13.8. The minimum absolute atomic E-state index is 0.128. The monoisotopic (exact) mass is 403 g/mol. The van der Waals surface area contributed by atoms with Crippen LogP contribution in [0.5, 0.6) is 0 Å². The van der Waals surface area contributed by atoms with Crippen LogP contribution in [0.15, 0.2) is 31.0 Å². The van der Waals surface area contributed by atoms with E-state index < -0.39 is 11.9 Å². The summed E-state index contributed by atoms with van der Waals surface area (Å²) < 4.78 is 0. The number of aryl methyl sites for hydroxylation is 1. The number of carboxylic acid groups (broad SMARTS) is 2. The van der Waals surface area contributed by atoms with E-state index in [9.17, 15) is 4.79 Å². The van der Waals surface area contributed by atoms with E-state index in [-0.39, 0.29) is 5.91 Å². The SMILES string of the molecule is C=CCN1CCCC12CCN(C(=O)c1ccc(CC)nc1)CC2.O=C(O)C(=O)O. The van der Waals surface area contributed by atoms with Crippen molar-refractivity contribution in [3.63, 3.8) is 0 Å². The molecule has 8 nitrogen and oxygen atoms in total. The standard InChI is InChI=1S/C19H27N3O.C2H2O4/c1-3-11-22-12-5-8-19(22)9-13-21(14-10-19)18(23)16-6-7-17(4-2)20-15-16;3-1(4)2(5)6/h3,6-7,15H,1,4-5,8-14H2,2H3;(H,3,4)(H,5,6). The van der Waals surface area contributed by atoms with Crippen molar-refractivity contribution >= 4 is 17.8 Å². The second kappa shape index (κ2) is 10.2. The Morgan fingerprint density at radius 2 is 1.79 bits per heavy atom. The lowest BCUT2D eigenvalue weighted by Crippen LogP contribution is -2.53. The predicted molar refractivity (Wildman–Crippen MR) is 108 cm³/mol. The molecule has 1 aromatic heterocycles. The highest BCUT2D eigenvalue weighted by molar-refractivity contribution is 6.27. The van der Waals surface area contributed by atoms with E-state index >= 15 is 0 Å². The smallest absolute Gasteiger partial charge is 0.414 e. The summed E-state index contributed by atoms with van der Waals surface area (Å²) in [6.45, 7) is 9.80. The molecule has 2 aliphatic heterocycles. The number of pyridine rings is 1. The maximum absolute atomic E-state index is 12.7. The molecule has 29 heavy (non-hydrogen) atoms. The van der Waals surface area contributed by atoms with Crippen LogP contribution in [0.2, 0.25) is 0 Å². The molecule has 2 N–H and O–H groups in total. The second-order valence-corrected chi connectivity index (χ2v) is 7.36. The molecule has 1 amide bonds. The third-order valence-electron chi connectivity index (χ3n) is 5.69. The summed E-state index contributed by atoms with van der Waals surface area (Å²) in [6, 6.07) is 3.87. The Labute approximate surface area is 170 Å². The van der Waals surface area contributed by atoms with Crippen LogP contribution in [0.1, 0.15) is 48.7 Å². The van der Waals surface area contributed by atoms with Gasteiger partial charge in [-0.25, -0.2) is 9.59 Å². The summed E-state index contributed by atoms with van der Waals surface area (Å²) in [7, 11) is 0. The molecule has 0 aromatic carbocycles. The quantitative estimate of drug-likeness (QED) is 0.585. The molecular formula is C21H29N3O5. The van der Waals surface area contributed by atoms with E-state index in [4.69, 9.17) is 19.8 Å². The van der Waals surface area contributed by atoms with Gasteiger partial charge in [-0.05, 0) is 50.8 Å². The van der Waals surface area contributed by atoms with E-state index in [1.54, 1.807) is 6.20 Å². The van der Waals surface area contributed by atoms with Gasteiger partial charge in [-0.15, -0.1) is 6.58 Å². The number of likely N-dealkylation sites (tertiary alicyclic amines) is 2. The molecule has 1 spiro atoms. The zero-order valence-electron chi connectivity index (χ0n) is 16.8. The van der Waals surface area contributed by atoms with Gasteiger partial charge in [0, 0.05) is 37.1 Å². The Morgan fingerprint density at radius 3 is 2.28 bits per heavy atom. The number of amides is 1. The van der Waals surface area contributed by atoms with Crippen molar-refractivity contribution in [2.75, 3.05) is 26.2 Å². The molecule has 2 saturated heterocycles. The van der Waals surface area contributed by atoms with Gasteiger partial charge in [0.2, 0.25) is 0 Å². The van der Waals surface area contributed by atoms with E-state index in [0.717, 1.165) is 44.6 Å². The lowest BCUT2D eigenvalue weighted by molar-refractivity contribution is -0.159. The fourth-order valence-corrected chi connectivity index (χ4v) is 4.07. The maximum atomic E-state index is 12.7. The van der Waals surface area contributed by atoms with Crippen molar-refractivity contribution in [1.29, 1.82) is 0 Å². The molecule has 0 bridgehead atoms. The highest BCUT2D eigenvalue weighted by Crippen LogP contribution is 2.38. The Morgan fingerprint density at radius 1 is 1.14 bits per heavy atom. The number of carbonyl (C=O) groups excluding carboxylic acids is 1. The van der Waals surface area contributed by atoms with Gasteiger partial charge in [0.05, 0.1) is 5.56 Å². The predicted octanol–water partition coefficient (Wildman–Crippen LogP) is 2.06. The highest BCUT2D eigenvalue weighted by Gasteiger charge is 2.43. The average Bonchev–Trinajstić information content (AvgIpc) is 3.10. The van der Waals surface area contributed by atoms with Crippen LogP contribution in [0.4, 0.5) is 0 Å². The van der Waals surface area contributed by atoms with Crippen molar-refractivity contribution in [3.05, 3.63) is 42.2 Å². The molecule has 0 radical (unpaired) electrons. The third kappa shape index (κ3) is 5.63. The zero-order chi connectivity index (χ0) is 21.4. The fourth-order valence-electron chi connectivity index (χ4n) is 4.07. The van der Waals surface area contributed by atoms with Gasteiger partial charge in [-0.1, -0.05) is 13.0 Å². The number of rotatable bonds is 4. The molecule has 2 aliphatic rings. The first-order valence-electron chi connectivity index (χ1n) is 9.89. The Kier molecular flexibility index (Phi) is 7.90. The number of hydrogen-bond donors (Lipinski definition) is 2. The number of hydrogen-bond acceptors (Lipinski definition) is 5. The van der Waals surface area contributed by atoms with E-state index in [1.165, 1.54) is 19.4 Å². The van der Waals surface area contributed by atoms with Gasteiger partial charge >= 0.3 is 11.9 Å². The lowest BCUT2D eigenvalue weighted by atomic mass is 9.84. The van der Waals surface area contributed by atoms with Crippen LogP contribution in [0.3, 0.4) is 0 Å².